The van der Waals surface area contributed by atoms with E-state index in [9.17, 15) is 14.4 Å². The Kier molecular flexibility index (Phi) is 4.82. The van der Waals surface area contributed by atoms with E-state index in [-0.39, 0.29) is 16.9 Å². The summed E-state index contributed by atoms with van der Waals surface area (Å²) in [4.78, 5) is 33.0. The van der Waals surface area contributed by atoms with Gasteiger partial charge in [0.15, 0.2) is 5.78 Å². The largest absolute Gasteiger partial charge is 0.493 e. The molecule has 0 aromatic heterocycles. The average Bonchev–Trinajstić information content (AvgIpc) is 2.36. The van der Waals surface area contributed by atoms with Gasteiger partial charge in [-0.15, -0.1) is 0 Å². The monoisotopic (exact) mass is 264 g/mol. The van der Waals surface area contributed by atoms with Crippen molar-refractivity contribution in [3.63, 3.8) is 0 Å². The second kappa shape index (κ2) is 6.34. The number of carbonyl (C=O) groups is 3. The van der Waals surface area contributed by atoms with Crippen LogP contribution in [0.3, 0.4) is 0 Å². The quantitative estimate of drug-likeness (QED) is 0.598. The van der Waals surface area contributed by atoms with Crippen LogP contribution in [0.25, 0.3) is 0 Å². The van der Waals surface area contributed by atoms with Gasteiger partial charge in [0.05, 0.1) is 17.7 Å². The van der Waals surface area contributed by atoms with E-state index in [1.54, 1.807) is 6.92 Å². The van der Waals surface area contributed by atoms with E-state index >= 15 is 0 Å². The summed E-state index contributed by atoms with van der Waals surface area (Å²) in [6, 6.07) is 3.83. The van der Waals surface area contributed by atoms with Crippen LogP contribution in [0.5, 0.6) is 5.75 Å². The molecule has 0 fully saturated rings. The molecule has 0 amide bonds. The average molecular weight is 264 g/mol. The van der Waals surface area contributed by atoms with E-state index in [4.69, 9.17) is 14.9 Å². The van der Waals surface area contributed by atoms with Gasteiger partial charge in [-0.2, -0.15) is 0 Å². The molecule has 0 aliphatic carbocycles. The Morgan fingerprint density at radius 1 is 1.21 bits per heavy atom. The number of ketones is 1. The van der Waals surface area contributed by atoms with Crippen molar-refractivity contribution >= 4 is 17.7 Å². The second-order valence-corrected chi connectivity index (χ2v) is 3.48. The first-order valence-electron chi connectivity index (χ1n) is 5.41. The van der Waals surface area contributed by atoms with Crippen LogP contribution >= 0.6 is 0 Å². The Balaban J connectivity index is 3.20. The lowest BCUT2D eigenvalue weighted by molar-refractivity contribution is -0.131. The van der Waals surface area contributed by atoms with Crippen molar-refractivity contribution < 1.29 is 29.3 Å². The van der Waals surface area contributed by atoms with Crippen molar-refractivity contribution in [2.75, 3.05) is 6.61 Å². The highest BCUT2D eigenvalue weighted by Gasteiger charge is 2.14. The third kappa shape index (κ3) is 3.95. The molecule has 0 aliphatic rings. The fourth-order valence-electron chi connectivity index (χ4n) is 1.37. The topological polar surface area (TPSA) is 101 Å². The zero-order valence-corrected chi connectivity index (χ0v) is 10.1. The Morgan fingerprint density at radius 2 is 1.89 bits per heavy atom. The number of carboxylic acid groups (broad SMARTS) is 2. The van der Waals surface area contributed by atoms with Gasteiger partial charge in [-0.1, -0.05) is 0 Å². The first kappa shape index (κ1) is 14.4. The van der Waals surface area contributed by atoms with Gasteiger partial charge in [0.25, 0.3) is 0 Å². The van der Waals surface area contributed by atoms with Crippen molar-refractivity contribution in [3.8, 4) is 5.75 Å². The fraction of sp³-hybridized carbons (Fsp3) is 0.154. The number of hydrogen-bond acceptors (Lipinski definition) is 4. The maximum atomic E-state index is 11.8. The van der Waals surface area contributed by atoms with Crippen LogP contribution in [-0.2, 0) is 4.79 Å². The smallest absolute Gasteiger partial charge is 0.335 e. The lowest BCUT2D eigenvalue weighted by Gasteiger charge is -2.08. The molecule has 0 unspecified atom stereocenters. The third-order valence-electron chi connectivity index (χ3n) is 2.17. The summed E-state index contributed by atoms with van der Waals surface area (Å²) in [7, 11) is 0. The fourth-order valence-corrected chi connectivity index (χ4v) is 1.37. The first-order chi connectivity index (χ1) is 8.95. The number of aromatic carboxylic acids is 1. The van der Waals surface area contributed by atoms with E-state index < -0.39 is 17.7 Å². The molecule has 1 aromatic carbocycles. The van der Waals surface area contributed by atoms with Crippen molar-refractivity contribution in [2.45, 2.75) is 6.92 Å². The van der Waals surface area contributed by atoms with Gasteiger partial charge in [0.2, 0.25) is 0 Å². The number of aliphatic carboxylic acids is 1. The molecule has 0 saturated carbocycles. The van der Waals surface area contributed by atoms with Crippen LogP contribution in [0, 0.1) is 0 Å². The van der Waals surface area contributed by atoms with Crippen LogP contribution in [0.15, 0.2) is 30.4 Å². The van der Waals surface area contributed by atoms with Gasteiger partial charge in [-0.05, 0) is 31.2 Å². The number of rotatable bonds is 6. The van der Waals surface area contributed by atoms with Crippen molar-refractivity contribution in [1.82, 2.24) is 0 Å². The highest BCUT2D eigenvalue weighted by Crippen LogP contribution is 2.21. The van der Waals surface area contributed by atoms with E-state index in [0.29, 0.717) is 12.7 Å². The molecule has 0 atom stereocenters. The predicted octanol–water partition coefficient (Wildman–Crippen LogP) is 1.61. The number of allylic oxidation sites excluding steroid dienone is 1. The molecule has 1 aromatic rings. The van der Waals surface area contributed by atoms with Crippen LogP contribution < -0.4 is 4.74 Å². The molecule has 6 nitrogen and oxygen atoms in total. The Morgan fingerprint density at radius 3 is 2.42 bits per heavy atom. The first-order valence-corrected chi connectivity index (χ1v) is 5.41. The Labute approximate surface area is 108 Å². The minimum absolute atomic E-state index is 0.0132. The maximum Gasteiger partial charge on any atom is 0.335 e. The SMILES string of the molecule is CCOc1ccc(C(=O)O)cc1C(=O)/C=C/C(=O)O. The molecule has 0 aliphatic heterocycles. The molecule has 0 heterocycles. The summed E-state index contributed by atoms with van der Waals surface area (Å²) in [6.45, 7) is 2.02. The van der Waals surface area contributed by atoms with Gasteiger partial charge >= 0.3 is 11.9 Å². The van der Waals surface area contributed by atoms with Crippen LogP contribution in [0.2, 0.25) is 0 Å². The van der Waals surface area contributed by atoms with Gasteiger partial charge in [-0.25, -0.2) is 9.59 Å². The number of benzene rings is 1. The standard InChI is InChI=1S/C13H12O6/c1-2-19-11-5-3-8(13(17)18)7-9(11)10(14)4-6-12(15)16/h3-7H,2H2,1H3,(H,15,16)(H,17,18)/b6-4+. The van der Waals surface area contributed by atoms with Crippen LogP contribution in [0.4, 0.5) is 0 Å². The maximum absolute atomic E-state index is 11.8. The zero-order valence-electron chi connectivity index (χ0n) is 10.1. The molecule has 1 rings (SSSR count). The van der Waals surface area contributed by atoms with Crippen molar-refractivity contribution in [3.05, 3.63) is 41.5 Å². The molecule has 19 heavy (non-hydrogen) atoms. The molecular formula is C13H12O6. The summed E-state index contributed by atoms with van der Waals surface area (Å²) in [6.07, 6.45) is 1.54. The number of ether oxygens (including phenoxy) is 1. The van der Waals surface area contributed by atoms with Gasteiger partial charge in [-0.3, -0.25) is 4.79 Å². The lowest BCUT2D eigenvalue weighted by Crippen LogP contribution is -2.05. The second-order valence-electron chi connectivity index (χ2n) is 3.48. The number of carboxylic acids is 2. The van der Waals surface area contributed by atoms with E-state index in [1.165, 1.54) is 12.1 Å². The van der Waals surface area contributed by atoms with Gasteiger partial charge in [0.1, 0.15) is 5.75 Å². The summed E-state index contributed by atoms with van der Waals surface area (Å²) >= 11 is 0. The molecule has 0 saturated heterocycles. The van der Waals surface area contributed by atoms with E-state index in [1.807, 2.05) is 0 Å². The predicted molar refractivity (Wildman–Crippen MR) is 65.7 cm³/mol. The van der Waals surface area contributed by atoms with E-state index in [2.05, 4.69) is 0 Å². The highest BCUT2D eigenvalue weighted by molar-refractivity contribution is 6.09. The molecule has 2 N–H and O–H groups in total. The molecular weight excluding hydrogens is 252 g/mol. The minimum Gasteiger partial charge on any atom is -0.493 e. The summed E-state index contributed by atoms with van der Waals surface area (Å²) < 4.78 is 5.20. The molecule has 100 valence electrons. The molecule has 6 heteroatoms. The Hall–Kier alpha value is -2.63. The molecule has 0 spiro atoms. The molecule has 0 radical (unpaired) electrons. The summed E-state index contributed by atoms with van der Waals surface area (Å²) in [5.74, 6) is -2.86. The number of carbonyl (C=O) groups excluding carboxylic acids is 1. The van der Waals surface area contributed by atoms with Crippen molar-refractivity contribution in [1.29, 1.82) is 0 Å². The highest BCUT2D eigenvalue weighted by atomic mass is 16.5. The van der Waals surface area contributed by atoms with Crippen molar-refractivity contribution in [2.24, 2.45) is 0 Å². The zero-order chi connectivity index (χ0) is 14.4. The molecule has 0 bridgehead atoms. The van der Waals surface area contributed by atoms with Crippen LogP contribution in [0.1, 0.15) is 27.6 Å². The van der Waals surface area contributed by atoms with Crippen LogP contribution in [-0.4, -0.2) is 34.5 Å². The summed E-state index contributed by atoms with van der Waals surface area (Å²) in [5, 5.41) is 17.3. The lowest BCUT2D eigenvalue weighted by atomic mass is 10.1. The van der Waals surface area contributed by atoms with Gasteiger partial charge in [0, 0.05) is 6.08 Å². The van der Waals surface area contributed by atoms with E-state index in [0.717, 1.165) is 12.1 Å². The summed E-state index contributed by atoms with van der Waals surface area (Å²) in [5.41, 5.74) is -0.0604. The minimum atomic E-state index is -1.26. The normalized spacial score (nSPS) is 10.4. The Bertz CT molecular complexity index is 544. The van der Waals surface area contributed by atoms with Gasteiger partial charge < -0.3 is 14.9 Å². The third-order valence-corrected chi connectivity index (χ3v) is 2.17. The number of hydrogen-bond donors (Lipinski definition) is 2.